The van der Waals surface area contributed by atoms with Crippen LogP contribution in [0.3, 0.4) is 0 Å². The molecule has 9 nitrogen and oxygen atoms in total. The number of carbonyl (C=O) groups excluding carboxylic acids is 1. The molecule has 10 heteroatoms. The van der Waals surface area contributed by atoms with Gasteiger partial charge in [0, 0.05) is 0 Å². The third kappa shape index (κ3) is 16.8. The lowest BCUT2D eigenvalue weighted by atomic mass is 10.2. The van der Waals surface area contributed by atoms with Crippen molar-refractivity contribution in [3.05, 3.63) is 35.9 Å². The van der Waals surface area contributed by atoms with Crippen molar-refractivity contribution in [1.82, 2.24) is 0 Å². The average molecular weight is 463 g/mol. The van der Waals surface area contributed by atoms with Crippen LogP contribution in [0.1, 0.15) is 26.3 Å². The van der Waals surface area contributed by atoms with Crippen LogP contribution in [0, 0.1) is 0 Å². The van der Waals surface area contributed by atoms with Crippen LogP contribution in [0.4, 0.5) is 0 Å². The third-order valence-electron chi connectivity index (χ3n) is 3.43. The highest BCUT2D eigenvalue weighted by Gasteiger charge is 2.16. The molecule has 0 N–H and O–H groups in total. The molecule has 1 aromatic carbocycles. The molecule has 0 saturated heterocycles. The number of ether oxygens (including phenoxy) is 5. The van der Waals surface area contributed by atoms with Gasteiger partial charge in [0.05, 0.1) is 52.9 Å². The summed E-state index contributed by atoms with van der Waals surface area (Å²) in [5.74, 6) is -0.571. The van der Waals surface area contributed by atoms with Crippen LogP contribution in [-0.2, 0) is 48.5 Å². The summed E-state index contributed by atoms with van der Waals surface area (Å²) in [6.45, 7) is 7.48. The van der Waals surface area contributed by atoms with Crippen molar-refractivity contribution >= 4 is 16.1 Å². The van der Waals surface area contributed by atoms with Gasteiger partial charge in [-0.05, 0) is 26.3 Å². The quantitative estimate of drug-likeness (QED) is 0.195. The van der Waals surface area contributed by atoms with Gasteiger partial charge in [-0.1, -0.05) is 30.3 Å². The van der Waals surface area contributed by atoms with Crippen LogP contribution in [0.2, 0.25) is 0 Å². The van der Waals surface area contributed by atoms with Crippen molar-refractivity contribution in [2.45, 2.75) is 32.1 Å². The lowest BCUT2D eigenvalue weighted by Gasteiger charge is -2.19. The van der Waals surface area contributed by atoms with Crippen LogP contribution in [-0.4, -0.2) is 79.5 Å². The average Bonchev–Trinajstić information content (AvgIpc) is 2.67. The summed E-state index contributed by atoms with van der Waals surface area (Å²) in [7, 11) is -3.63. The fraction of sp³-hybridized carbons (Fsp3) is 0.667. The molecule has 0 fully saturated rings. The van der Waals surface area contributed by atoms with Gasteiger partial charge in [-0.25, -0.2) is 4.79 Å². The first kappa shape index (κ1) is 27.5. The van der Waals surface area contributed by atoms with Gasteiger partial charge in [-0.3, -0.25) is 4.18 Å². The molecule has 0 heterocycles. The summed E-state index contributed by atoms with van der Waals surface area (Å²) >= 11 is 0. The maximum atomic E-state index is 11.8. The number of hydrogen-bond donors (Lipinski definition) is 0. The molecule has 0 aliphatic heterocycles. The Hall–Kier alpha value is -1.56. The lowest BCUT2D eigenvalue weighted by Crippen LogP contribution is -2.27. The Morgan fingerprint density at radius 1 is 0.774 bits per heavy atom. The Bertz CT molecular complexity index is 699. The highest BCUT2D eigenvalue weighted by atomic mass is 32.2. The smallest absolute Gasteiger partial charge is 0.332 e. The summed E-state index contributed by atoms with van der Waals surface area (Å²) < 4.78 is 54.8. The van der Waals surface area contributed by atoms with E-state index in [1.165, 1.54) is 0 Å². The van der Waals surface area contributed by atoms with Gasteiger partial charge in [-0.2, -0.15) is 8.42 Å². The van der Waals surface area contributed by atoms with Crippen LogP contribution in [0.25, 0.3) is 0 Å². The molecule has 0 aliphatic carbocycles. The molecule has 0 saturated carbocycles. The molecule has 0 unspecified atom stereocenters. The second-order valence-corrected chi connectivity index (χ2v) is 9.13. The van der Waals surface area contributed by atoms with Crippen molar-refractivity contribution in [3.63, 3.8) is 0 Å². The molecule has 0 bridgehead atoms. The largest absolute Gasteiger partial charge is 0.458 e. The van der Waals surface area contributed by atoms with Crippen molar-refractivity contribution in [2.24, 2.45) is 0 Å². The zero-order valence-electron chi connectivity index (χ0n) is 18.5. The molecule has 0 aromatic heterocycles. The Morgan fingerprint density at radius 3 is 1.77 bits per heavy atom. The molecular weight excluding hydrogens is 428 g/mol. The standard InChI is InChI=1S/C21H34O9S/c1-21(2,3)30-20(22)17-28-14-13-26-10-9-25-11-12-27-15-16-29-31(23,24)18-19-7-5-4-6-8-19/h4-8H,9-18H2,1-3H3. The molecule has 31 heavy (non-hydrogen) atoms. The molecule has 1 aromatic rings. The maximum absolute atomic E-state index is 11.8. The SMILES string of the molecule is CC(C)(C)OC(=O)COCCOCCOCCOCCOS(=O)(=O)Cc1ccccc1. The van der Waals surface area contributed by atoms with Gasteiger partial charge in [-0.15, -0.1) is 0 Å². The van der Waals surface area contributed by atoms with Crippen LogP contribution in [0.5, 0.6) is 0 Å². The van der Waals surface area contributed by atoms with Gasteiger partial charge in [0.15, 0.2) is 0 Å². The number of carbonyl (C=O) groups is 1. The maximum Gasteiger partial charge on any atom is 0.332 e. The van der Waals surface area contributed by atoms with E-state index in [0.29, 0.717) is 38.6 Å². The highest BCUT2D eigenvalue weighted by Crippen LogP contribution is 2.07. The number of benzene rings is 1. The minimum absolute atomic E-state index is 0.0401. The summed E-state index contributed by atoms with van der Waals surface area (Å²) in [4.78, 5) is 11.4. The molecule has 178 valence electrons. The Labute approximate surface area is 185 Å². The van der Waals surface area contributed by atoms with E-state index in [9.17, 15) is 13.2 Å². The second kappa shape index (κ2) is 15.3. The molecule has 0 atom stereocenters. The summed E-state index contributed by atoms with van der Waals surface area (Å²) in [5, 5.41) is 0. The molecule has 1 rings (SSSR count). The third-order valence-corrected chi connectivity index (χ3v) is 4.65. The summed E-state index contributed by atoms with van der Waals surface area (Å²) in [5.41, 5.74) is 0.152. The molecule has 0 spiro atoms. The van der Waals surface area contributed by atoms with Gasteiger partial charge >= 0.3 is 5.97 Å². The van der Waals surface area contributed by atoms with Gasteiger partial charge in [0.2, 0.25) is 0 Å². The normalized spacial score (nSPS) is 12.1. The first-order valence-electron chi connectivity index (χ1n) is 10.1. The monoisotopic (exact) mass is 462 g/mol. The fourth-order valence-corrected chi connectivity index (χ4v) is 3.23. The Morgan fingerprint density at radius 2 is 1.26 bits per heavy atom. The molecule has 0 radical (unpaired) electrons. The van der Waals surface area contributed by atoms with Crippen molar-refractivity contribution in [2.75, 3.05) is 59.5 Å². The number of rotatable bonds is 17. The predicted octanol–water partition coefficient (Wildman–Crippen LogP) is 1.94. The highest BCUT2D eigenvalue weighted by molar-refractivity contribution is 7.85. The Kier molecular flexibility index (Phi) is 13.5. The van der Waals surface area contributed by atoms with E-state index in [4.69, 9.17) is 27.9 Å². The summed E-state index contributed by atoms with van der Waals surface area (Å²) in [6.07, 6.45) is 0. The van der Waals surface area contributed by atoms with Crippen LogP contribution >= 0.6 is 0 Å². The molecule has 0 amide bonds. The van der Waals surface area contributed by atoms with Crippen LogP contribution in [0.15, 0.2) is 30.3 Å². The first-order chi connectivity index (χ1) is 14.7. The van der Waals surface area contributed by atoms with Gasteiger partial charge in [0.25, 0.3) is 10.1 Å². The minimum Gasteiger partial charge on any atom is -0.458 e. The topological polar surface area (TPSA) is 107 Å². The first-order valence-corrected chi connectivity index (χ1v) is 11.7. The van der Waals surface area contributed by atoms with E-state index in [-0.39, 0.29) is 32.2 Å². The van der Waals surface area contributed by atoms with Crippen molar-refractivity contribution < 1.29 is 41.1 Å². The minimum atomic E-state index is -3.63. The van der Waals surface area contributed by atoms with E-state index in [2.05, 4.69) is 0 Å². The van der Waals surface area contributed by atoms with E-state index in [1.54, 1.807) is 45.0 Å². The fourth-order valence-electron chi connectivity index (χ4n) is 2.23. The van der Waals surface area contributed by atoms with Gasteiger partial charge in [0.1, 0.15) is 18.0 Å². The van der Waals surface area contributed by atoms with E-state index in [0.717, 1.165) is 0 Å². The molecule has 0 aliphatic rings. The van der Waals surface area contributed by atoms with Crippen molar-refractivity contribution in [3.8, 4) is 0 Å². The van der Waals surface area contributed by atoms with Crippen LogP contribution < -0.4 is 0 Å². The van der Waals surface area contributed by atoms with E-state index < -0.39 is 21.7 Å². The lowest BCUT2D eigenvalue weighted by molar-refractivity contribution is -0.160. The second-order valence-electron chi connectivity index (χ2n) is 7.49. The van der Waals surface area contributed by atoms with E-state index >= 15 is 0 Å². The Balaban J connectivity index is 1.87. The predicted molar refractivity (Wildman–Crippen MR) is 114 cm³/mol. The zero-order chi connectivity index (χ0) is 23.0. The van der Waals surface area contributed by atoms with E-state index in [1.807, 2.05) is 6.07 Å². The number of esters is 1. The number of hydrogen-bond acceptors (Lipinski definition) is 9. The van der Waals surface area contributed by atoms with Crippen molar-refractivity contribution in [1.29, 1.82) is 0 Å². The zero-order valence-corrected chi connectivity index (χ0v) is 19.4. The summed E-state index contributed by atoms with van der Waals surface area (Å²) in [6, 6.07) is 8.84. The molecular formula is C21H34O9S. The van der Waals surface area contributed by atoms with Gasteiger partial charge < -0.3 is 23.7 Å².